The van der Waals surface area contributed by atoms with Crippen molar-refractivity contribution in [2.24, 2.45) is 5.73 Å². The normalized spacial score (nSPS) is 10.3. The molecular weight excluding hydrogens is 262 g/mol. The van der Waals surface area contributed by atoms with Gasteiger partial charge in [-0.25, -0.2) is 4.98 Å². The summed E-state index contributed by atoms with van der Waals surface area (Å²) in [4.78, 5) is 4.05. The molecule has 0 aliphatic heterocycles. The summed E-state index contributed by atoms with van der Waals surface area (Å²) in [6.45, 7) is 3.83. The molecular formula is C14H14ClN3O. The molecule has 0 saturated heterocycles. The van der Waals surface area contributed by atoms with Gasteiger partial charge in [0.1, 0.15) is 17.3 Å². The third-order valence-electron chi connectivity index (χ3n) is 2.66. The summed E-state index contributed by atoms with van der Waals surface area (Å²) in [7, 11) is 0. The van der Waals surface area contributed by atoms with Gasteiger partial charge in [0.2, 0.25) is 0 Å². The summed E-state index contributed by atoms with van der Waals surface area (Å²) < 4.78 is 5.85. The molecule has 4 nitrogen and oxygen atoms in total. The Morgan fingerprint density at radius 3 is 2.53 bits per heavy atom. The number of ether oxygens (including phenoxy) is 1. The van der Waals surface area contributed by atoms with Gasteiger partial charge in [0.15, 0.2) is 5.75 Å². The number of nitrogens with two attached hydrogens (primary N) is 1. The highest BCUT2D eigenvalue weighted by molar-refractivity contribution is 6.30. The van der Waals surface area contributed by atoms with Crippen LogP contribution >= 0.6 is 11.6 Å². The van der Waals surface area contributed by atoms with Crippen LogP contribution < -0.4 is 10.5 Å². The second-order valence-electron chi connectivity index (χ2n) is 4.23. The summed E-state index contributed by atoms with van der Waals surface area (Å²) >= 11 is 5.98. The molecule has 0 unspecified atom stereocenters. The third-order valence-corrected chi connectivity index (χ3v) is 2.88. The van der Waals surface area contributed by atoms with Gasteiger partial charge >= 0.3 is 0 Å². The molecule has 0 radical (unpaired) electrons. The summed E-state index contributed by atoms with van der Waals surface area (Å²) in [5.41, 5.74) is 7.66. The zero-order valence-electron chi connectivity index (χ0n) is 10.7. The van der Waals surface area contributed by atoms with Gasteiger partial charge in [-0.15, -0.1) is 0 Å². The molecule has 0 spiro atoms. The van der Waals surface area contributed by atoms with E-state index in [0.717, 1.165) is 11.1 Å². The number of hydrogen-bond donors (Lipinski definition) is 2. The van der Waals surface area contributed by atoms with E-state index < -0.39 is 0 Å². The summed E-state index contributed by atoms with van der Waals surface area (Å²) in [6, 6.07) is 7.13. The maximum absolute atomic E-state index is 7.50. The number of rotatable bonds is 3. The second-order valence-corrected chi connectivity index (χ2v) is 4.67. The number of hydrogen-bond acceptors (Lipinski definition) is 3. The van der Waals surface area contributed by atoms with Crippen LogP contribution in [0.1, 0.15) is 16.8 Å². The molecule has 0 aliphatic rings. The van der Waals surface area contributed by atoms with E-state index >= 15 is 0 Å². The molecule has 0 fully saturated rings. The molecule has 1 aromatic carbocycles. The van der Waals surface area contributed by atoms with Crippen LogP contribution in [-0.4, -0.2) is 10.8 Å². The Balaban J connectivity index is 2.45. The number of nitrogens with zero attached hydrogens (tertiary/aromatic N) is 1. The van der Waals surface area contributed by atoms with Gasteiger partial charge in [0.05, 0.1) is 0 Å². The van der Waals surface area contributed by atoms with E-state index in [4.69, 9.17) is 27.5 Å². The van der Waals surface area contributed by atoms with E-state index in [1.54, 1.807) is 18.3 Å². The molecule has 1 heterocycles. The predicted molar refractivity (Wildman–Crippen MR) is 76.3 cm³/mol. The van der Waals surface area contributed by atoms with Crippen molar-refractivity contribution in [2.45, 2.75) is 13.8 Å². The lowest BCUT2D eigenvalue weighted by atomic mass is 10.1. The lowest BCUT2D eigenvalue weighted by Crippen LogP contribution is -2.14. The predicted octanol–water partition coefficient (Wildman–Crippen LogP) is 3.43. The highest BCUT2D eigenvalue weighted by Crippen LogP contribution is 2.32. The van der Waals surface area contributed by atoms with Gasteiger partial charge in [-0.3, -0.25) is 5.41 Å². The standard InChI is InChI=1S/C14H14ClN3O/c1-8-6-10(15)7-9(2)13(8)19-11-4-3-5-18-12(11)14(16)17/h3-7H,1-2H3,(H3,16,17). The second kappa shape index (κ2) is 5.28. The fourth-order valence-corrected chi connectivity index (χ4v) is 2.17. The Hall–Kier alpha value is -2.07. The van der Waals surface area contributed by atoms with E-state index in [9.17, 15) is 0 Å². The Kier molecular flexibility index (Phi) is 3.71. The minimum Gasteiger partial charge on any atom is -0.454 e. The molecule has 0 aliphatic carbocycles. The van der Waals surface area contributed by atoms with Gasteiger partial charge in [-0.2, -0.15) is 0 Å². The summed E-state index contributed by atoms with van der Waals surface area (Å²) in [6.07, 6.45) is 1.57. The number of nitrogen functional groups attached to an aromatic ring is 1. The van der Waals surface area contributed by atoms with Crippen molar-refractivity contribution in [2.75, 3.05) is 0 Å². The van der Waals surface area contributed by atoms with Gasteiger partial charge in [0, 0.05) is 11.2 Å². The first-order chi connectivity index (χ1) is 8.99. The van der Waals surface area contributed by atoms with Crippen molar-refractivity contribution in [3.8, 4) is 11.5 Å². The third kappa shape index (κ3) is 2.85. The minimum atomic E-state index is -0.125. The number of aryl methyl sites for hydroxylation is 2. The average Bonchev–Trinajstić information content (AvgIpc) is 2.34. The van der Waals surface area contributed by atoms with Crippen LogP contribution in [0.2, 0.25) is 5.02 Å². The van der Waals surface area contributed by atoms with Crippen LogP contribution in [0.3, 0.4) is 0 Å². The molecule has 0 saturated carbocycles. The largest absolute Gasteiger partial charge is 0.454 e. The average molecular weight is 276 g/mol. The topological polar surface area (TPSA) is 72.0 Å². The highest BCUT2D eigenvalue weighted by atomic mass is 35.5. The molecule has 3 N–H and O–H groups in total. The van der Waals surface area contributed by atoms with Crippen molar-refractivity contribution in [3.63, 3.8) is 0 Å². The molecule has 19 heavy (non-hydrogen) atoms. The monoisotopic (exact) mass is 275 g/mol. The quantitative estimate of drug-likeness (QED) is 0.666. The first kappa shape index (κ1) is 13.4. The molecule has 0 atom stereocenters. The van der Waals surface area contributed by atoms with Gasteiger partial charge < -0.3 is 10.5 Å². The van der Waals surface area contributed by atoms with Crippen molar-refractivity contribution in [1.82, 2.24) is 4.98 Å². The van der Waals surface area contributed by atoms with Crippen LogP contribution in [0.5, 0.6) is 11.5 Å². The van der Waals surface area contributed by atoms with E-state index in [2.05, 4.69) is 4.98 Å². The molecule has 2 aromatic rings. The lowest BCUT2D eigenvalue weighted by Gasteiger charge is -2.14. The summed E-state index contributed by atoms with van der Waals surface area (Å²) in [5, 5.41) is 8.16. The number of halogens is 1. The van der Waals surface area contributed by atoms with Crippen LogP contribution in [0, 0.1) is 19.3 Å². The van der Waals surface area contributed by atoms with Crippen molar-refractivity contribution in [3.05, 3.63) is 52.3 Å². The smallest absolute Gasteiger partial charge is 0.156 e. The van der Waals surface area contributed by atoms with E-state index in [1.165, 1.54) is 0 Å². The van der Waals surface area contributed by atoms with E-state index in [0.29, 0.717) is 22.2 Å². The van der Waals surface area contributed by atoms with Gasteiger partial charge in [-0.05, 0) is 49.2 Å². The van der Waals surface area contributed by atoms with Crippen molar-refractivity contribution < 1.29 is 4.74 Å². The molecule has 2 rings (SSSR count). The Bertz CT molecular complexity index is 617. The van der Waals surface area contributed by atoms with Gasteiger partial charge in [0.25, 0.3) is 0 Å². The molecule has 1 aromatic heterocycles. The Morgan fingerprint density at radius 1 is 1.32 bits per heavy atom. The van der Waals surface area contributed by atoms with Crippen LogP contribution in [0.4, 0.5) is 0 Å². The van der Waals surface area contributed by atoms with Crippen molar-refractivity contribution in [1.29, 1.82) is 5.41 Å². The first-order valence-corrected chi connectivity index (χ1v) is 6.11. The lowest BCUT2D eigenvalue weighted by molar-refractivity contribution is 0.471. The maximum atomic E-state index is 7.50. The SMILES string of the molecule is Cc1cc(Cl)cc(C)c1Oc1cccnc1C(=N)N. The number of nitrogens with one attached hydrogen (secondary N) is 1. The van der Waals surface area contributed by atoms with Crippen LogP contribution in [0.25, 0.3) is 0 Å². The zero-order chi connectivity index (χ0) is 14.0. The fraction of sp³-hybridized carbons (Fsp3) is 0.143. The molecule has 0 bridgehead atoms. The first-order valence-electron chi connectivity index (χ1n) is 5.73. The fourth-order valence-electron chi connectivity index (χ4n) is 1.84. The molecule has 98 valence electrons. The maximum Gasteiger partial charge on any atom is 0.156 e. The minimum absolute atomic E-state index is 0.125. The summed E-state index contributed by atoms with van der Waals surface area (Å²) in [5.74, 6) is 1.04. The molecule has 0 amide bonds. The van der Waals surface area contributed by atoms with Gasteiger partial charge in [-0.1, -0.05) is 11.6 Å². The van der Waals surface area contributed by atoms with Crippen LogP contribution in [0.15, 0.2) is 30.5 Å². The van der Waals surface area contributed by atoms with Crippen LogP contribution in [-0.2, 0) is 0 Å². The number of pyridine rings is 1. The number of aromatic nitrogens is 1. The zero-order valence-corrected chi connectivity index (χ0v) is 11.5. The van der Waals surface area contributed by atoms with E-state index in [1.807, 2.05) is 26.0 Å². The Morgan fingerprint density at radius 2 is 1.95 bits per heavy atom. The van der Waals surface area contributed by atoms with Crippen molar-refractivity contribution >= 4 is 17.4 Å². The Labute approximate surface area is 116 Å². The highest BCUT2D eigenvalue weighted by Gasteiger charge is 2.12. The van der Waals surface area contributed by atoms with E-state index in [-0.39, 0.29) is 5.84 Å². The number of amidine groups is 1. The number of benzene rings is 1. The molecule has 5 heteroatoms.